The maximum absolute atomic E-state index is 12.4. The predicted octanol–water partition coefficient (Wildman–Crippen LogP) is 16.0. The van der Waals surface area contributed by atoms with Crippen molar-refractivity contribution in [2.24, 2.45) is 0 Å². The van der Waals surface area contributed by atoms with Gasteiger partial charge >= 0.3 is 0 Å². The number of nitrogens with one attached hydrogen (secondary N) is 1. The van der Waals surface area contributed by atoms with Gasteiger partial charge in [-0.05, 0) is 38.5 Å². The van der Waals surface area contributed by atoms with E-state index in [0.717, 1.165) is 44.9 Å². The van der Waals surface area contributed by atoms with Crippen molar-refractivity contribution in [1.29, 1.82) is 0 Å². The highest BCUT2D eigenvalue weighted by atomic mass is 16.3. The number of aliphatic hydroxyl groups excluding tert-OH is 2. The van der Waals surface area contributed by atoms with Gasteiger partial charge in [-0.3, -0.25) is 4.79 Å². The van der Waals surface area contributed by atoms with Crippen molar-refractivity contribution in [3.8, 4) is 0 Å². The maximum Gasteiger partial charge on any atom is 0.220 e. The fourth-order valence-corrected chi connectivity index (χ4v) is 7.85. The number of amides is 1. The van der Waals surface area contributed by atoms with Gasteiger partial charge in [-0.25, -0.2) is 0 Å². The first-order chi connectivity index (χ1) is 27.2. The summed E-state index contributed by atoms with van der Waals surface area (Å²) in [6, 6.07) is -0.542. The van der Waals surface area contributed by atoms with E-state index in [-0.39, 0.29) is 12.5 Å². The van der Waals surface area contributed by atoms with Crippen LogP contribution in [-0.4, -0.2) is 34.9 Å². The van der Waals surface area contributed by atoms with Crippen LogP contribution >= 0.6 is 0 Å². The van der Waals surface area contributed by atoms with Crippen LogP contribution in [0.1, 0.15) is 277 Å². The van der Waals surface area contributed by atoms with Crippen LogP contribution in [0.3, 0.4) is 0 Å². The molecule has 0 fully saturated rings. The van der Waals surface area contributed by atoms with E-state index in [1.807, 2.05) is 0 Å². The molecule has 0 saturated carbocycles. The zero-order valence-corrected chi connectivity index (χ0v) is 37.5. The predicted molar refractivity (Wildman–Crippen MR) is 244 cm³/mol. The van der Waals surface area contributed by atoms with Crippen LogP contribution in [0.25, 0.3) is 0 Å². The van der Waals surface area contributed by atoms with Crippen LogP contribution in [0.5, 0.6) is 0 Å². The fraction of sp³-hybridized carbons (Fsp3) is 0.902. The lowest BCUT2D eigenvalue weighted by Crippen LogP contribution is -2.45. The lowest BCUT2D eigenvalue weighted by molar-refractivity contribution is -0.123. The third kappa shape index (κ3) is 43.8. The molecule has 2 unspecified atom stereocenters. The molecule has 3 N–H and O–H groups in total. The first-order valence-corrected chi connectivity index (χ1v) is 25.0. The van der Waals surface area contributed by atoms with E-state index in [2.05, 4.69) is 43.5 Å². The Morgan fingerprint density at radius 1 is 0.436 bits per heavy atom. The number of hydrogen-bond donors (Lipinski definition) is 3. The first kappa shape index (κ1) is 53.9. The minimum atomic E-state index is -0.664. The summed E-state index contributed by atoms with van der Waals surface area (Å²) in [6.07, 6.45) is 61.5. The summed E-state index contributed by atoms with van der Waals surface area (Å²) in [7, 11) is 0. The van der Waals surface area contributed by atoms with Gasteiger partial charge in [0.1, 0.15) is 0 Å². The number of carbonyl (C=O) groups is 1. The Morgan fingerprint density at radius 2 is 0.764 bits per heavy atom. The third-order valence-electron chi connectivity index (χ3n) is 11.7. The quantitative estimate of drug-likeness (QED) is 0.0426. The molecule has 0 rings (SSSR count). The number of aliphatic hydroxyl groups is 2. The van der Waals surface area contributed by atoms with Crippen LogP contribution in [-0.2, 0) is 4.79 Å². The zero-order chi connectivity index (χ0) is 40.0. The molecule has 55 heavy (non-hydrogen) atoms. The van der Waals surface area contributed by atoms with Gasteiger partial charge in [0.05, 0.1) is 18.8 Å². The minimum absolute atomic E-state index is 0.0430. The average Bonchev–Trinajstić information content (AvgIpc) is 3.19. The second-order valence-electron chi connectivity index (χ2n) is 17.2. The smallest absolute Gasteiger partial charge is 0.220 e. The van der Waals surface area contributed by atoms with E-state index in [9.17, 15) is 15.0 Å². The number of hydrogen-bond acceptors (Lipinski definition) is 3. The van der Waals surface area contributed by atoms with Crippen molar-refractivity contribution in [2.75, 3.05) is 6.61 Å². The van der Waals surface area contributed by atoms with Crippen molar-refractivity contribution < 1.29 is 15.0 Å². The Bertz CT molecular complexity index is 795. The molecule has 0 aliphatic carbocycles. The molecule has 0 aromatic heterocycles. The fourth-order valence-electron chi connectivity index (χ4n) is 7.85. The molecule has 0 saturated heterocycles. The standard InChI is InChI=1S/C51H99NO3/c1-3-5-7-9-11-13-15-17-19-20-21-22-23-24-25-26-27-28-29-30-31-32-33-34-36-38-40-42-44-46-50(54)49(48-53)52-51(55)47-45-43-41-39-37-35-18-16-14-12-10-8-6-4-2/h10,12,16,18,49-50,53-54H,3-9,11,13-15,17,19-48H2,1-2H3,(H,52,55)/b12-10-,18-16-. The van der Waals surface area contributed by atoms with Gasteiger partial charge in [0.15, 0.2) is 0 Å². The van der Waals surface area contributed by atoms with Gasteiger partial charge in [-0.1, -0.05) is 256 Å². The molecular formula is C51H99NO3. The van der Waals surface area contributed by atoms with Crippen molar-refractivity contribution >= 4 is 5.91 Å². The van der Waals surface area contributed by atoms with Crippen molar-refractivity contribution in [2.45, 2.75) is 289 Å². The Kier molecular flexibility index (Phi) is 46.3. The molecule has 4 nitrogen and oxygen atoms in total. The Hall–Kier alpha value is -1.13. The van der Waals surface area contributed by atoms with E-state index >= 15 is 0 Å². The van der Waals surface area contributed by atoms with Gasteiger partial charge in [-0.15, -0.1) is 0 Å². The largest absolute Gasteiger partial charge is 0.394 e. The molecule has 4 heteroatoms. The molecule has 0 spiro atoms. The zero-order valence-electron chi connectivity index (χ0n) is 37.5. The lowest BCUT2D eigenvalue weighted by Gasteiger charge is -2.22. The van der Waals surface area contributed by atoms with Crippen LogP contribution < -0.4 is 5.32 Å². The summed E-state index contributed by atoms with van der Waals surface area (Å²) in [4.78, 5) is 12.4. The molecule has 0 heterocycles. The highest BCUT2D eigenvalue weighted by molar-refractivity contribution is 5.76. The van der Waals surface area contributed by atoms with Gasteiger partial charge in [0.2, 0.25) is 5.91 Å². The van der Waals surface area contributed by atoms with Gasteiger partial charge < -0.3 is 15.5 Å². The summed E-state index contributed by atoms with van der Waals surface area (Å²) in [5, 5.41) is 23.2. The molecule has 0 aliphatic rings. The number of carbonyl (C=O) groups excluding carboxylic acids is 1. The van der Waals surface area contributed by atoms with E-state index < -0.39 is 12.1 Å². The molecule has 2 atom stereocenters. The van der Waals surface area contributed by atoms with Gasteiger partial charge in [0.25, 0.3) is 0 Å². The van der Waals surface area contributed by atoms with E-state index in [1.165, 1.54) is 205 Å². The van der Waals surface area contributed by atoms with Crippen LogP contribution in [0.15, 0.2) is 24.3 Å². The molecule has 1 amide bonds. The van der Waals surface area contributed by atoms with E-state index in [1.54, 1.807) is 0 Å². The number of unbranched alkanes of at least 4 members (excludes halogenated alkanes) is 35. The highest BCUT2D eigenvalue weighted by Crippen LogP contribution is 2.17. The first-order valence-electron chi connectivity index (χ1n) is 25.0. The SMILES string of the molecule is CCCC/C=C\C/C=C\CCCCCCCC(=O)NC(CO)C(O)CCCCCCCCCCCCCCCCCCCCCCCCCCCCCCC. The summed E-state index contributed by atoms with van der Waals surface area (Å²) in [6.45, 7) is 4.33. The van der Waals surface area contributed by atoms with Crippen LogP contribution in [0.4, 0.5) is 0 Å². The molecule has 326 valence electrons. The second-order valence-corrected chi connectivity index (χ2v) is 17.2. The summed E-state index contributed by atoms with van der Waals surface area (Å²) in [5.74, 6) is -0.0430. The van der Waals surface area contributed by atoms with Crippen LogP contribution in [0, 0.1) is 0 Å². The summed E-state index contributed by atoms with van der Waals surface area (Å²) >= 11 is 0. The summed E-state index contributed by atoms with van der Waals surface area (Å²) in [5.41, 5.74) is 0. The van der Waals surface area contributed by atoms with E-state index in [0.29, 0.717) is 12.8 Å². The molecule has 0 bridgehead atoms. The molecule has 0 aromatic rings. The van der Waals surface area contributed by atoms with Crippen molar-refractivity contribution in [3.05, 3.63) is 24.3 Å². The maximum atomic E-state index is 12.4. The minimum Gasteiger partial charge on any atom is -0.394 e. The van der Waals surface area contributed by atoms with Crippen molar-refractivity contribution in [1.82, 2.24) is 5.32 Å². The topological polar surface area (TPSA) is 69.6 Å². The normalized spacial score (nSPS) is 13.0. The van der Waals surface area contributed by atoms with Crippen molar-refractivity contribution in [3.63, 3.8) is 0 Å². The monoisotopic (exact) mass is 774 g/mol. The summed E-state index contributed by atoms with van der Waals surface area (Å²) < 4.78 is 0. The average molecular weight is 774 g/mol. The van der Waals surface area contributed by atoms with Gasteiger partial charge in [0, 0.05) is 6.42 Å². The van der Waals surface area contributed by atoms with Crippen LogP contribution in [0.2, 0.25) is 0 Å². The highest BCUT2D eigenvalue weighted by Gasteiger charge is 2.20. The molecular weight excluding hydrogens is 675 g/mol. The molecule has 0 radical (unpaired) electrons. The van der Waals surface area contributed by atoms with E-state index in [4.69, 9.17) is 0 Å². The third-order valence-corrected chi connectivity index (χ3v) is 11.7. The Balaban J connectivity index is 3.42. The second kappa shape index (κ2) is 47.2. The number of allylic oxidation sites excluding steroid dienone is 4. The number of rotatable bonds is 46. The molecule has 0 aliphatic heterocycles. The van der Waals surface area contributed by atoms with Gasteiger partial charge in [-0.2, -0.15) is 0 Å². The Labute approximate surface area is 345 Å². The molecule has 0 aromatic carbocycles. The lowest BCUT2D eigenvalue weighted by atomic mass is 10.0. The Morgan fingerprint density at radius 3 is 1.15 bits per heavy atom.